The Bertz CT molecular complexity index is 366. The van der Waals surface area contributed by atoms with Crippen LogP contribution in [0.1, 0.15) is 56.6 Å². The predicted octanol–water partition coefficient (Wildman–Crippen LogP) is 3.66. The zero-order chi connectivity index (χ0) is 13.0. The van der Waals surface area contributed by atoms with E-state index in [2.05, 4.69) is 18.3 Å². The molecule has 0 amide bonds. The molecule has 3 heteroatoms. The SMILES string of the molecule is CNC(c1ccc(COC)o1)C1(C)CCCCC1. The molecule has 1 atom stereocenters. The van der Waals surface area contributed by atoms with Crippen molar-refractivity contribution in [3.05, 3.63) is 23.7 Å². The monoisotopic (exact) mass is 251 g/mol. The molecule has 1 aromatic heterocycles. The lowest BCUT2D eigenvalue weighted by Gasteiger charge is -2.39. The summed E-state index contributed by atoms with van der Waals surface area (Å²) in [5.74, 6) is 1.96. The van der Waals surface area contributed by atoms with Gasteiger partial charge < -0.3 is 14.5 Å². The minimum Gasteiger partial charge on any atom is -0.462 e. The first-order valence-corrected chi connectivity index (χ1v) is 6.94. The van der Waals surface area contributed by atoms with Crippen LogP contribution < -0.4 is 5.32 Å². The van der Waals surface area contributed by atoms with E-state index in [0.717, 1.165) is 11.5 Å². The second-order valence-electron chi connectivity index (χ2n) is 5.67. The average Bonchev–Trinajstić information content (AvgIpc) is 2.79. The van der Waals surface area contributed by atoms with Gasteiger partial charge in [0.15, 0.2) is 0 Å². The fraction of sp³-hybridized carbons (Fsp3) is 0.733. The fourth-order valence-electron chi connectivity index (χ4n) is 3.25. The number of furan rings is 1. The summed E-state index contributed by atoms with van der Waals surface area (Å²) in [6, 6.07) is 4.42. The quantitative estimate of drug-likeness (QED) is 0.867. The molecule has 0 saturated heterocycles. The Morgan fingerprint density at radius 3 is 2.67 bits per heavy atom. The van der Waals surface area contributed by atoms with E-state index in [9.17, 15) is 0 Å². The first-order valence-electron chi connectivity index (χ1n) is 6.94. The standard InChI is InChI=1S/C15H25NO2/c1-15(9-5-4-6-10-15)14(16-2)13-8-7-12(18-13)11-17-3/h7-8,14,16H,4-6,9-11H2,1-3H3. The van der Waals surface area contributed by atoms with Crippen LogP contribution in [-0.4, -0.2) is 14.2 Å². The third-order valence-corrected chi connectivity index (χ3v) is 4.23. The lowest BCUT2D eigenvalue weighted by atomic mass is 9.70. The summed E-state index contributed by atoms with van der Waals surface area (Å²) in [5.41, 5.74) is 0.315. The van der Waals surface area contributed by atoms with Gasteiger partial charge in [-0.2, -0.15) is 0 Å². The van der Waals surface area contributed by atoms with Crippen LogP contribution in [-0.2, 0) is 11.3 Å². The lowest BCUT2D eigenvalue weighted by Crippen LogP contribution is -2.35. The van der Waals surface area contributed by atoms with Crippen LogP contribution in [0, 0.1) is 5.41 Å². The van der Waals surface area contributed by atoms with Gasteiger partial charge in [-0.05, 0) is 37.4 Å². The van der Waals surface area contributed by atoms with Crippen molar-refractivity contribution in [1.29, 1.82) is 0 Å². The van der Waals surface area contributed by atoms with Crippen molar-refractivity contribution in [2.45, 2.75) is 51.7 Å². The highest BCUT2D eigenvalue weighted by molar-refractivity contribution is 5.13. The van der Waals surface area contributed by atoms with Gasteiger partial charge in [-0.25, -0.2) is 0 Å². The topological polar surface area (TPSA) is 34.4 Å². The van der Waals surface area contributed by atoms with Crippen LogP contribution in [0.5, 0.6) is 0 Å². The average molecular weight is 251 g/mol. The number of methoxy groups -OCH3 is 1. The Kier molecular flexibility index (Phi) is 4.46. The second kappa shape index (κ2) is 5.89. The smallest absolute Gasteiger partial charge is 0.129 e. The molecule has 1 saturated carbocycles. The Balaban J connectivity index is 2.15. The molecule has 1 N–H and O–H groups in total. The maximum Gasteiger partial charge on any atom is 0.129 e. The van der Waals surface area contributed by atoms with Crippen molar-refractivity contribution >= 4 is 0 Å². The Labute approximate surface area is 110 Å². The molecule has 0 bridgehead atoms. The molecule has 0 radical (unpaired) electrons. The Morgan fingerprint density at radius 2 is 2.06 bits per heavy atom. The molecule has 18 heavy (non-hydrogen) atoms. The molecule has 1 fully saturated rings. The minimum atomic E-state index is 0.309. The highest BCUT2D eigenvalue weighted by Crippen LogP contribution is 2.45. The Hall–Kier alpha value is -0.800. The first-order chi connectivity index (χ1) is 8.69. The summed E-state index contributed by atoms with van der Waals surface area (Å²) in [6.07, 6.45) is 6.59. The lowest BCUT2D eigenvalue weighted by molar-refractivity contribution is 0.125. The summed E-state index contributed by atoms with van der Waals surface area (Å²) >= 11 is 0. The largest absolute Gasteiger partial charge is 0.462 e. The molecular weight excluding hydrogens is 226 g/mol. The van der Waals surface area contributed by atoms with E-state index in [0.29, 0.717) is 18.1 Å². The van der Waals surface area contributed by atoms with Gasteiger partial charge in [-0.3, -0.25) is 0 Å². The molecule has 0 aliphatic heterocycles. The number of hydrogen-bond donors (Lipinski definition) is 1. The molecule has 3 nitrogen and oxygen atoms in total. The molecule has 1 aliphatic carbocycles. The molecule has 0 spiro atoms. The maximum atomic E-state index is 5.91. The zero-order valence-electron chi connectivity index (χ0n) is 11.8. The summed E-state index contributed by atoms with van der Waals surface area (Å²) < 4.78 is 11.0. The van der Waals surface area contributed by atoms with E-state index in [-0.39, 0.29) is 0 Å². The molecule has 102 valence electrons. The van der Waals surface area contributed by atoms with Crippen LogP contribution in [0.3, 0.4) is 0 Å². The summed E-state index contributed by atoms with van der Waals surface area (Å²) in [4.78, 5) is 0. The van der Waals surface area contributed by atoms with Gasteiger partial charge >= 0.3 is 0 Å². The van der Waals surface area contributed by atoms with Gasteiger partial charge in [0.1, 0.15) is 18.1 Å². The van der Waals surface area contributed by atoms with Gasteiger partial charge in [-0.1, -0.05) is 26.2 Å². The van der Waals surface area contributed by atoms with Gasteiger partial charge in [0, 0.05) is 7.11 Å². The van der Waals surface area contributed by atoms with E-state index in [4.69, 9.17) is 9.15 Å². The van der Waals surface area contributed by atoms with Crippen molar-refractivity contribution in [2.24, 2.45) is 5.41 Å². The fourth-order valence-corrected chi connectivity index (χ4v) is 3.25. The van der Waals surface area contributed by atoms with Crippen molar-refractivity contribution in [2.75, 3.05) is 14.2 Å². The third kappa shape index (κ3) is 2.78. The number of rotatable bonds is 5. The minimum absolute atomic E-state index is 0.309. The van der Waals surface area contributed by atoms with E-state index < -0.39 is 0 Å². The first kappa shape index (κ1) is 13.6. The van der Waals surface area contributed by atoms with Crippen LogP contribution in [0.2, 0.25) is 0 Å². The summed E-state index contributed by atoms with van der Waals surface area (Å²) in [7, 11) is 3.73. The normalized spacial score (nSPS) is 20.8. The van der Waals surface area contributed by atoms with Crippen molar-refractivity contribution in [1.82, 2.24) is 5.32 Å². The van der Waals surface area contributed by atoms with Gasteiger partial charge in [-0.15, -0.1) is 0 Å². The van der Waals surface area contributed by atoms with Crippen molar-refractivity contribution < 1.29 is 9.15 Å². The van der Waals surface area contributed by atoms with Crippen LogP contribution >= 0.6 is 0 Å². The molecule has 2 rings (SSSR count). The van der Waals surface area contributed by atoms with Crippen molar-refractivity contribution in [3.63, 3.8) is 0 Å². The summed E-state index contributed by atoms with van der Waals surface area (Å²) in [6.45, 7) is 2.93. The molecule has 1 unspecified atom stereocenters. The molecule has 1 aliphatic rings. The molecule has 1 heterocycles. The highest BCUT2D eigenvalue weighted by Gasteiger charge is 2.37. The maximum absolute atomic E-state index is 5.91. The molecular formula is C15H25NO2. The van der Waals surface area contributed by atoms with Gasteiger partial charge in [0.25, 0.3) is 0 Å². The third-order valence-electron chi connectivity index (χ3n) is 4.23. The zero-order valence-corrected chi connectivity index (χ0v) is 11.8. The van der Waals surface area contributed by atoms with Crippen LogP contribution in [0.4, 0.5) is 0 Å². The van der Waals surface area contributed by atoms with Crippen LogP contribution in [0.15, 0.2) is 16.5 Å². The number of nitrogens with one attached hydrogen (secondary N) is 1. The van der Waals surface area contributed by atoms with E-state index >= 15 is 0 Å². The van der Waals surface area contributed by atoms with Crippen LogP contribution in [0.25, 0.3) is 0 Å². The Morgan fingerprint density at radius 1 is 1.33 bits per heavy atom. The van der Waals surface area contributed by atoms with Gasteiger partial charge in [0.05, 0.1) is 6.04 Å². The summed E-state index contributed by atoms with van der Waals surface area (Å²) in [5, 5.41) is 3.45. The van der Waals surface area contributed by atoms with E-state index in [1.54, 1.807) is 7.11 Å². The van der Waals surface area contributed by atoms with E-state index in [1.807, 2.05) is 13.1 Å². The van der Waals surface area contributed by atoms with Crippen molar-refractivity contribution in [3.8, 4) is 0 Å². The number of ether oxygens (including phenoxy) is 1. The predicted molar refractivity (Wildman–Crippen MR) is 72.4 cm³/mol. The second-order valence-corrected chi connectivity index (χ2v) is 5.67. The number of hydrogen-bond acceptors (Lipinski definition) is 3. The van der Waals surface area contributed by atoms with Gasteiger partial charge in [0.2, 0.25) is 0 Å². The highest BCUT2D eigenvalue weighted by atomic mass is 16.5. The van der Waals surface area contributed by atoms with E-state index in [1.165, 1.54) is 32.1 Å². The molecule has 0 aromatic carbocycles. The molecule has 1 aromatic rings.